The van der Waals surface area contributed by atoms with Crippen LogP contribution >= 0.6 is 0 Å². The normalized spacial score (nSPS) is 11.0. The Balaban J connectivity index is 1.83. The van der Waals surface area contributed by atoms with Gasteiger partial charge in [0, 0.05) is 25.6 Å². The molecule has 0 aliphatic rings. The zero-order valence-electron chi connectivity index (χ0n) is 10.3. The molecule has 0 unspecified atom stereocenters. The predicted octanol–water partition coefficient (Wildman–Crippen LogP) is 1.38. The van der Waals surface area contributed by atoms with Gasteiger partial charge in [-0.1, -0.05) is 6.07 Å². The number of nitrogens with zero attached hydrogens (tertiary/aromatic N) is 5. The van der Waals surface area contributed by atoms with Gasteiger partial charge in [-0.05, 0) is 18.6 Å². The lowest BCUT2D eigenvalue weighted by Crippen LogP contribution is -2.06. The number of hydrogen-bond acceptors (Lipinski definition) is 4. The van der Waals surface area contributed by atoms with Gasteiger partial charge < -0.3 is 9.88 Å². The number of hydrogen-bond donors (Lipinski definition) is 1. The molecule has 0 saturated carbocycles. The molecule has 1 N–H and O–H groups in total. The van der Waals surface area contributed by atoms with Crippen LogP contribution in [-0.4, -0.2) is 24.1 Å². The molecule has 0 spiro atoms. The average Bonchev–Trinajstić information content (AvgIpc) is 2.93. The van der Waals surface area contributed by atoms with Gasteiger partial charge in [0.05, 0.1) is 6.54 Å². The van der Waals surface area contributed by atoms with Crippen molar-refractivity contribution in [3.8, 4) is 0 Å². The van der Waals surface area contributed by atoms with E-state index in [1.165, 1.54) is 0 Å². The molecule has 18 heavy (non-hydrogen) atoms. The molecular weight excluding hydrogens is 228 g/mol. The molecule has 0 bridgehead atoms. The molecular formula is C12H14N6. The maximum atomic E-state index is 4.45. The topological polar surface area (TPSA) is 60.0 Å². The first-order valence-electron chi connectivity index (χ1n) is 5.76. The predicted molar refractivity (Wildman–Crippen MR) is 68.3 cm³/mol. The smallest absolute Gasteiger partial charge is 0.243 e. The van der Waals surface area contributed by atoms with Crippen molar-refractivity contribution in [2.75, 3.05) is 5.32 Å². The second kappa shape index (κ2) is 4.14. The van der Waals surface area contributed by atoms with Gasteiger partial charge in [0.25, 0.3) is 0 Å². The van der Waals surface area contributed by atoms with Crippen molar-refractivity contribution < 1.29 is 0 Å². The average molecular weight is 242 g/mol. The lowest BCUT2D eigenvalue weighted by Gasteiger charge is -2.01. The summed E-state index contributed by atoms with van der Waals surface area (Å²) < 4.78 is 3.74. The highest BCUT2D eigenvalue weighted by molar-refractivity contribution is 5.49. The molecule has 3 aromatic rings. The maximum Gasteiger partial charge on any atom is 0.243 e. The van der Waals surface area contributed by atoms with E-state index in [4.69, 9.17) is 0 Å². The van der Waals surface area contributed by atoms with Crippen molar-refractivity contribution >= 4 is 11.6 Å². The summed E-state index contributed by atoms with van der Waals surface area (Å²) in [6.45, 7) is 2.63. The molecule has 92 valence electrons. The zero-order chi connectivity index (χ0) is 12.5. The minimum Gasteiger partial charge on any atom is -0.346 e. The van der Waals surface area contributed by atoms with E-state index in [-0.39, 0.29) is 0 Å². The molecule has 0 saturated heterocycles. The Morgan fingerprint density at radius 2 is 2.22 bits per heavy atom. The number of aryl methyl sites for hydroxylation is 2. The highest BCUT2D eigenvalue weighted by Crippen LogP contribution is 2.10. The Morgan fingerprint density at radius 3 is 2.94 bits per heavy atom. The number of pyridine rings is 1. The molecule has 6 heteroatoms. The molecule has 0 aromatic carbocycles. The molecule has 0 radical (unpaired) electrons. The van der Waals surface area contributed by atoms with Crippen LogP contribution in [0.2, 0.25) is 0 Å². The SMILES string of the molecule is Cc1cccn2nc(NCc3nccn3C)nc12. The van der Waals surface area contributed by atoms with Crippen LogP contribution in [0.5, 0.6) is 0 Å². The van der Waals surface area contributed by atoms with Crippen LogP contribution in [0.4, 0.5) is 5.95 Å². The van der Waals surface area contributed by atoms with Crippen molar-refractivity contribution in [2.24, 2.45) is 7.05 Å². The quantitative estimate of drug-likeness (QED) is 0.754. The van der Waals surface area contributed by atoms with Crippen molar-refractivity contribution in [3.63, 3.8) is 0 Å². The fourth-order valence-electron chi connectivity index (χ4n) is 1.84. The molecule has 0 fully saturated rings. The van der Waals surface area contributed by atoms with Crippen molar-refractivity contribution in [2.45, 2.75) is 13.5 Å². The first kappa shape index (κ1) is 10.8. The fraction of sp³-hybridized carbons (Fsp3) is 0.250. The highest BCUT2D eigenvalue weighted by Gasteiger charge is 2.06. The van der Waals surface area contributed by atoms with Gasteiger partial charge in [-0.3, -0.25) is 0 Å². The van der Waals surface area contributed by atoms with E-state index >= 15 is 0 Å². The summed E-state index contributed by atoms with van der Waals surface area (Å²) >= 11 is 0. The van der Waals surface area contributed by atoms with Gasteiger partial charge in [-0.15, -0.1) is 5.10 Å². The Kier molecular flexibility index (Phi) is 2.47. The summed E-state index contributed by atoms with van der Waals surface area (Å²) in [7, 11) is 1.96. The fourth-order valence-corrected chi connectivity index (χ4v) is 1.84. The summed E-state index contributed by atoms with van der Waals surface area (Å²) in [6.07, 6.45) is 5.58. The number of aromatic nitrogens is 5. The van der Waals surface area contributed by atoms with Gasteiger partial charge in [-0.25, -0.2) is 9.50 Å². The summed E-state index contributed by atoms with van der Waals surface area (Å²) in [5, 5.41) is 7.54. The monoisotopic (exact) mass is 242 g/mol. The molecule has 6 nitrogen and oxygen atoms in total. The van der Waals surface area contributed by atoms with E-state index < -0.39 is 0 Å². The minimum atomic E-state index is 0.611. The van der Waals surface area contributed by atoms with E-state index in [1.807, 2.05) is 43.1 Å². The van der Waals surface area contributed by atoms with Gasteiger partial charge >= 0.3 is 0 Å². The van der Waals surface area contributed by atoms with Crippen LogP contribution in [0, 0.1) is 6.92 Å². The number of nitrogens with one attached hydrogen (secondary N) is 1. The second-order valence-electron chi connectivity index (χ2n) is 4.20. The first-order valence-corrected chi connectivity index (χ1v) is 5.76. The zero-order valence-corrected chi connectivity index (χ0v) is 10.3. The van der Waals surface area contributed by atoms with Crippen LogP contribution < -0.4 is 5.32 Å². The summed E-state index contributed by atoms with van der Waals surface area (Å²) in [5.74, 6) is 1.57. The Bertz CT molecular complexity index is 681. The third-order valence-electron chi connectivity index (χ3n) is 2.88. The number of anilines is 1. The van der Waals surface area contributed by atoms with Gasteiger partial charge in [-0.2, -0.15) is 4.98 Å². The number of imidazole rings is 1. The van der Waals surface area contributed by atoms with E-state index in [0.717, 1.165) is 17.0 Å². The first-order chi connectivity index (χ1) is 8.74. The standard InChI is InChI=1S/C12H14N6/c1-9-4-3-6-18-11(9)15-12(16-18)14-8-10-13-5-7-17(10)2/h3-7H,8H2,1-2H3,(H,14,16). The van der Waals surface area contributed by atoms with Crippen molar-refractivity contribution in [1.29, 1.82) is 0 Å². The van der Waals surface area contributed by atoms with Gasteiger partial charge in [0.15, 0.2) is 5.65 Å². The summed E-state index contributed by atoms with van der Waals surface area (Å²) in [5.41, 5.74) is 1.98. The Morgan fingerprint density at radius 1 is 1.33 bits per heavy atom. The molecule has 3 aromatic heterocycles. The maximum absolute atomic E-state index is 4.45. The Labute approximate surface area is 104 Å². The molecule has 3 rings (SSSR count). The van der Waals surface area contributed by atoms with Crippen molar-refractivity contribution in [3.05, 3.63) is 42.1 Å². The molecule has 0 atom stereocenters. The third kappa shape index (κ3) is 1.81. The summed E-state index contributed by atoms with van der Waals surface area (Å²) in [4.78, 5) is 8.69. The molecule has 3 heterocycles. The highest BCUT2D eigenvalue weighted by atomic mass is 15.3. The molecule has 0 aliphatic heterocycles. The second-order valence-corrected chi connectivity index (χ2v) is 4.20. The van der Waals surface area contributed by atoms with Gasteiger partial charge in [0.2, 0.25) is 5.95 Å². The third-order valence-corrected chi connectivity index (χ3v) is 2.88. The number of rotatable bonds is 3. The lowest BCUT2D eigenvalue weighted by molar-refractivity contribution is 0.807. The molecule has 0 amide bonds. The minimum absolute atomic E-state index is 0.611. The van der Waals surface area contributed by atoms with E-state index in [2.05, 4.69) is 20.4 Å². The van der Waals surface area contributed by atoms with E-state index in [9.17, 15) is 0 Å². The van der Waals surface area contributed by atoms with Crippen LogP contribution in [-0.2, 0) is 13.6 Å². The van der Waals surface area contributed by atoms with Gasteiger partial charge in [0.1, 0.15) is 5.82 Å². The number of fused-ring (bicyclic) bond motifs is 1. The van der Waals surface area contributed by atoms with E-state index in [1.54, 1.807) is 10.7 Å². The van der Waals surface area contributed by atoms with Crippen LogP contribution in [0.3, 0.4) is 0 Å². The molecule has 0 aliphatic carbocycles. The van der Waals surface area contributed by atoms with Crippen LogP contribution in [0.1, 0.15) is 11.4 Å². The largest absolute Gasteiger partial charge is 0.346 e. The van der Waals surface area contributed by atoms with E-state index in [0.29, 0.717) is 12.5 Å². The van der Waals surface area contributed by atoms with Crippen LogP contribution in [0.25, 0.3) is 5.65 Å². The lowest BCUT2D eigenvalue weighted by atomic mass is 10.3. The summed E-state index contributed by atoms with van der Waals surface area (Å²) in [6, 6.07) is 3.98. The Hall–Kier alpha value is -2.37. The van der Waals surface area contributed by atoms with Crippen LogP contribution in [0.15, 0.2) is 30.7 Å². The van der Waals surface area contributed by atoms with Crippen molar-refractivity contribution in [1.82, 2.24) is 24.1 Å².